The van der Waals surface area contributed by atoms with Crippen molar-refractivity contribution < 1.29 is 45.1 Å². The first-order valence-corrected chi connectivity index (χ1v) is 15.3. The van der Waals surface area contributed by atoms with E-state index in [1.807, 2.05) is 0 Å². The number of rotatable bonds is 8. The number of Topliss-reactive ketones (excluding diaryl/α,β-unsaturated/α-hetero) is 1. The third-order valence-electron chi connectivity index (χ3n) is 8.00. The normalized spacial score (nSPS) is 17.7. The van der Waals surface area contributed by atoms with Gasteiger partial charge in [-0.25, -0.2) is 30.4 Å². The van der Waals surface area contributed by atoms with Gasteiger partial charge in [0.25, 0.3) is 0 Å². The molecule has 5 rings (SSSR count). The van der Waals surface area contributed by atoms with Crippen molar-refractivity contribution in [2.24, 2.45) is 0 Å². The number of aromatic nitrogens is 2. The maximum Gasteiger partial charge on any atom is 0.249 e. The van der Waals surface area contributed by atoms with Crippen LogP contribution in [0.3, 0.4) is 0 Å². The molecule has 0 spiro atoms. The van der Waals surface area contributed by atoms with Crippen molar-refractivity contribution >= 4 is 27.4 Å². The molecule has 15 heteroatoms. The summed E-state index contributed by atoms with van der Waals surface area (Å²) >= 11 is 0. The monoisotopic (exact) mass is 638 g/mol. The molecule has 2 fully saturated rings. The van der Waals surface area contributed by atoms with E-state index in [2.05, 4.69) is 9.97 Å². The summed E-state index contributed by atoms with van der Waals surface area (Å²) in [5.41, 5.74) is 1.04. The number of sulfonamides is 1. The Hall–Kier alpha value is -3.98. The lowest BCUT2D eigenvalue weighted by atomic mass is 9.87. The Kier molecular flexibility index (Phi) is 8.71. The molecule has 1 amide bonds. The lowest BCUT2D eigenvalue weighted by Crippen LogP contribution is -2.59. The van der Waals surface area contributed by atoms with Gasteiger partial charge < -0.3 is 10.0 Å². The van der Waals surface area contributed by atoms with Crippen LogP contribution in [0, 0.1) is 29.1 Å². The average Bonchev–Trinajstić information content (AvgIpc) is 2.97. The summed E-state index contributed by atoms with van der Waals surface area (Å²) in [7, 11) is -5.39. The van der Waals surface area contributed by atoms with Crippen molar-refractivity contribution in [2.45, 2.75) is 68.8 Å². The van der Waals surface area contributed by atoms with Gasteiger partial charge in [0.1, 0.15) is 11.8 Å². The number of phenols is 1. The van der Waals surface area contributed by atoms with Gasteiger partial charge in [0.2, 0.25) is 21.7 Å². The fourth-order valence-electron chi connectivity index (χ4n) is 5.51. The highest BCUT2D eigenvalue weighted by atomic mass is 32.2. The summed E-state index contributed by atoms with van der Waals surface area (Å²) in [6.07, 6.45) is 8.13. The quantitative estimate of drug-likeness (QED) is 0.157. The molecule has 1 N–H and O–H groups in total. The van der Waals surface area contributed by atoms with Crippen LogP contribution in [0.15, 0.2) is 35.5 Å². The molecule has 1 aromatic heterocycles. The van der Waals surface area contributed by atoms with Crippen LogP contribution in [0.5, 0.6) is 5.75 Å². The van der Waals surface area contributed by atoms with Crippen LogP contribution < -0.4 is 4.90 Å². The minimum absolute atomic E-state index is 0.0242. The van der Waals surface area contributed by atoms with E-state index in [0.717, 1.165) is 48.8 Å². The van der Waals surface area contributed by atoms with Gasteiger partial charge in [-0.3, -0.25) is 19.6 Å². The predicted octanol–water partition coefficient (Wildman–Crippen LogP) is 5.12. The van der Waals surface area contributed by atoms with Crippen LogP contribution >= 0.6 is 0 Å². The van der Waals surface area contributed by atoms with E-state index >= 15 is 0 Å². The SMILES string of the molecule is CC(=O)c1ccc(N(Cc2cnc(C3CCCCC3)cn2)C(=O)[C@H]2CCN2S(=O)(=O)c2c(F)c(F)c(F)c(F)c2F)cc1O. The summed E-state index contributed by atoms with van der Waals surface area (Å²) in [6, 6.07) is 2.11. The van der Waals surface area contributed by atoms with Crippen LogP contribution in [0.1, 0.15) is 73.1 Å². The number of carbonyl (C=O) groups is 2. The molecular weight excluding hydrogens is 611 g/mol. The highest BCUT2D eigenvalue weighted by Gasteiger charge is 2.48. The van der Waals surface area contributed by atoms with Crippen LogP contribution in [-0.2, 0) is 21.4 Å². The zero-order valence-electron chi connectivity index (χ0n) is 23.4. The Morgan fingerprint density at radius 1 is 0.932 bits per heavy atom. The number of halogens is 5. The van der Waals surface area contributed by atoms with Crippen LogP contribution in [0.25, 0.3) is 0 Å². The van der Waals surface area contributed by atoms with Gasteiger partial charge in [0, 0.05) is 30.4 Å². The van der Waals surface area contributed by atoms with E-state index in [1.54, 1.807) is 6.20 Å². The van der Waals surface area contributed by atoms with Gasteiger partial charge in [0.05, 0.1) is 29.7 Å². The molecule has 234 valence electrons. The first kappa shape index (κ1) is 31.4. The highest BCUT2D eigenvalue weighted by Crippen LogP contribution is 2.36. The number of carbonyl (C=O) groups excluding carboxylic acids is 2. The van der Waals surface area contributed by atoms with E-state index in [1.165, 1.54) is 25.3 Å². The van der Waals surface area contributed by atoms with E-state index in [9.17, 15) is 45.1 Å². The van der Waals surface area contributed by atoms with Gasteiger partial charge in [0.15, 0.2) is 33.9 Å². The maximum absolute atomic E-state index is 14.5. The Balaban J connectivity index is 1.49. The smallest absolute Gasteiger partial charge is 0.249 e. The molecule has 0 radical (unpaired) electrons. The Bertz CT molecular complexity index is 1700. The molecule has 44 heavy (non-hydrogen) atoms. The van der Waals surface area contributed by atoms with Crippen LogP contribution in [0.4, 0.5) is 27.6 Å². The number of hydrogen-bond acceptors (Lipinski definition) is 7. The third-order valence-corrected chi connectivity index (χ3v) is 9.93. The van der Waals surface area contributed by atoms with Crippen LogP contribution in [0.2, 0.25) is 0 Å². The van der Waals surface area contributed by atoms with Crippen molar-refractivity contribution in [3.05, 3.63) is 76.6 Å². The Morgan fingerprint density at radius 3 is 2.09 bits per heavy atom. The van der Waals surface area contributed by atoms with E-state index in [-0.39, 0.29) is 35.8 Å². The standard InChI is InChI=1S/C29H27F5N4O5S/c1-15(39)19-8-7-18(11-22(19)40)37(14-17-12-36-20(13-35-17)16-5-3-2-4-6-16)29(41)21-9-10-38(21)44(42,43)28-26(33)24(31)23(30)25(32)27(28)34/h7-8,11-13,16,21,40H,2-6,9-10,14H2,1H3/t21-/m1/s1. The molecular formula is C29H27F5N4O5S. The van der Waals surface area contributed by atoms with E-state index < -0.39 is 74.0 Å². The number of nitrogens with zero attached hydrogens (tertiary/aromatic N) is 4. The van der Waals surface area contributed by atoms with Gasteiger partial charge in [-0.05, 0) is 38.3 Å². The van der Waals surface area contributed by atoms with Gasteiger partial charge in [-0.15, -0.1) is 0 Å². The number of ketones is 1. The van der Waals surface area contributed by atoms with Crippen molar-refractivity contribution in [2.75, 3.05) is 11.4 Å². The van der Waals surface area contributed by atoms with Gasteiger partial charge in [-0.2, -0.15) is 4.31 Å². The minimum atomic E-state index is -5.39. The first-order valence-electron chi connectivity index (χ1n) is 13.8. The predicted molar refractivity (Wildman–Crippen MR) is 146 cm³/mol. The molecule has 2 heterocycles. The highest BCUT2D eigenvalue weighted by molar-refractivity contribution is 7.89. The van der Waals surface area contributed by atoms with E-state index in [0.29, 0.717) is 4.31 Å². The number of hydrogen-bond donors (Lipinski definition) is 1. The summed E-state index contributed by atoms with van der Waals surface area (Å²) in [5.74, 6) is -14.1. The molecule has 0 unspecified atom stereocenters. The maximum atomic E-state index is 14.5. The fraction of sp³-hybridized carbons (Fsp3) is 0.379. The number of amides is 1. The fourth-order valence-corrected chi connectivity index (χ4v) is 7.25. The van der Waals surface area contributed by atoms with Crippen molar-refractivity contribution in [1.82, 2.24) is 14.3 Å². The van der Waals surface area contributed by atoms with E-state index in [4.69, 9.17) is 0 Å². The summed E-state index contributed by atoms with van der Waals surface area (Å²) in [5, 5.41) is 10.4. The average molecular weight is 639 g/mol. The Morgan fingerprint density at radius 2 is 1.57 bits per heavy atom. The number of phenolic OH excluding ortho intramolecular Hbond substituents is 1. The molecule has 0 bridgehead atoms. The molecule has 9 nitrogen and oxygen atoms in total. The second-order valence-corrected chi connectivity index (χ2v) is 12.6. The van der Waals surface area contributed by atoms with Crippen molar-refractivity contribution in [1.29, 1.82) is 0 Å². The molecule has 1 saturated carbocycles. The summed E-state index contributed by atoms with van der Waals surface area (Å²) in [4.78, 5) is 33.6. The summed E-state index contributed by atoms with van der Waals surface area (Å²) in [6.45, 7) is 0.483. The van der Waals surface area contributed by atoms with Crippen molar-refractivity contribution in [3.63, 3.8) is 0 Å². The molecule has 2 aromatic carbocycles. The molecule has 1 saturated heterocycles. The Labute approximate surface area is 249 Å². The number of benzene rings is 2. The molecule has 3 aromatic rings. The zero-order valence-corrected chi connectivity index (χ0v) is 24.2. The second kappa shape index (κ2) is 12.2. The lowest BCUT2D eigenvalue weighted by Gasteiger charge is -2.41. The van der Waals surface area contributed by atoms with Crippen LogP contribution in [-0.4, -0.2) is 52.1 Å². The zero-order chi connectivity index (χ0) is 31.9. The first-order chi connectivity index (χ1) is 20.8. The van der Waals surface area contributed by atoms with Gasteiger partial charge >= 0.3 is 0 Å². The largest absolute Gasteiger partial charge is 0.507 e. The number of aromatic hydroxyl groups is 1. The second-order valence-electron chi connectivity index (χ2n) is 10.8. The minimum Gasteiger partial charge on any atom is -0.507 e. The molecule has 1 atom stereocenters. The van der Waals surface area contributed by atoms with Crippen molar-refractivity contribution in [3.8, 4) is 5.75 Å². The molecule has 2 aliphatic rings. The number of anilines is 1. The van der Waals surface area contributed by atoms with Gasteiger partial charge in [-0.1, -0.05) is 19.3 Å². The molecule has 1 aliphatic carbocycles. The lowest BCUT2D eigenvalue weighted by molar-refractivity contribution is -0.125. The summed E-state index contributed by atoms with van der Waals surface area (Å²) < 4.78 is 97.0. The third kappa shape index (κ3) is 5.65. The molecule has 1 aliphatic heterocycles. The topological polar surface area (TPSA) is 121 Å².